The van der Waals surface area contributed by atoms with Gasteiger partial charge in [0, 0.05) is 25.7 Å². The molecule has 5 atom stereocenters. The van der Waals surface area contributed by atoms with Crippen molar-refractivity contribution >= 4 is 39.5 Å². The van der Waals surface area contributed by atoms with Crippen molar-refractivity contribution in [2.45, 2.75) is 502 Å². The minimum Gasteiger partial charge on any atom is -0.462 e. The second kappa shape index (κ2) is 82.1. The quantitative estimate of drug-likeness (QED) is 0.0222. The minimum atomic E-state index is -4.96. The number of rotatable bonds is 89. The maximum Gasteiger partial charge on any atom is 0.472 e. The average molecular weight is 1560 g/mol. The van der Waals surface area contributed by atoms with Gasteiger partial charge in [-0.05, 0) is 25.7 Å². The third-order valence-electron chi connectivity index (χ3n) is 20.9. The van der Waals surface area contributed by atoms with Crippen LogP contribution in [0.5, 0.6) is 0 Å². The van der Waals surface area contributed by atoms with E-state index in [-0.39, 0.29) is 25.7 Å². The molecule has 0 heterocycles. The number of esters is 4. The molecular formula is C88H172O17P2. The van der Waals surface area contributed by atoms with Crippen molar-refractivity contribution in [2.24, 2.45) is 0 Å². The molecule has 0 radical (unpaired) electrons. The van der Waals surface area contributed by atoms with Gasteiger partial charge < -0.3 is 33.8 Å². The molecule has 0 saturated carbocycles. The van der Waals surface area contributed by atoms with E-state index in [1.807, 2.05) is 0 Å². The lowest BCUT2D eigenvalue weighted by molar-refractivity contribution is -0.161. The molecule has 0 aromatic rings. The number of phosphoric acid groups is 2. The van der Waals surface area contributed by atoms with Crippen LogP contribution in [0.15, 0.2) is 0 Å². The van der Waals surface area contributed by atoms with Gasteiger partial charge in [-0.3, -0.25) is 37.3 Å². The zero-order valence-electron chi connectivity index (χ0n) is 70.1. The standard InChI is InChI=1S/C88H172O17P2/c1-5-9-13-17-21-24-27-30-33-36-39-41-42-44-47-50-53-56-59-63-67-71-75-88(93)105-84(79-99-86(91)73-69-65-61-57-54-51-48-46-43-40-37-34-31-28-25-22-18-14-10-6-2)81-103-107(96,97)101-77-82(89)76-100-106(94,95)102-80-83(78-98-85(90)72-68-64-60-20-16-12-8-4)104-87(92)74-70-66-62-58-55-52-49-45-38-35-32-29-26-23-19-15-11-7-3/h82-84,89H,5-81H2,1-4H3,(H,94,95)(H,96,97)/t82-,83+,84+/m0/s1. The lowest BCUT2D eigenvalue weighted by Crippen LogP contribution is -2.30. The molecule has 0 fully saturated rings. The van der Waals surface area contributed by atoms with E-state index in [2.05, 4.69) is 27.7 Å². The summed E-state index contributed by atoms with van der Waals surface area (Å²) >= 11 is 0. The maximum absolute atomic E-state index is 13.1. The number of hydrogen-bond donors (Lipinski definition) is 3. The summed E-state index contributed by atoms with van der Waals surface area (Å²) in [7, 11) is -9.92. The van der Waals surface area contributed by atoms with Crippen LogP contribution in [-0.4, -0.2) is 96.7 Å². The van der Waals surface area contributed by atoms with E-state index in [0.29, 0.717) is 25.7 Å². The van der Waals surface area contributed by atoms with Gasteiger partial charge in [-0.1, -0.05) is 432 Å². The molecule has 0 spiro atoms. The Bertz CT molecular complexity index is 2020. The van der Waals surface area contributed by atoms with E-state index in [1.165, 1.54) is 302 Å². The van der Waals surface area contributed by atoms with Gasteiger partial charge >= 0.3 is 39.5 Å². The first-order chi connectivity index (χ1) is 52.2. The average Bonchev–Trinajstić information content (AvgIpc) is 0.930. The summed E-state index contributed by atoms with van der Waals surface area (Å²) in [5.74, 6) is -2.10. The zero-order valence-corrected chi connectivity index (χ0v) is 71.9. The molecule has 0 aliphatic heterocycles. The molecular weight excluding hydrogens is 1390 g/mol. The largest absolute Gasteiger partial charge is 0.472 e. The van der Waals surface area contributed by atoms with E-state index in [1.54, 1.807) is 0 Å². The predicted octanol–water partition coefficient (Wildman–Crippen LogP) is 27.3. The molecule has 2 unspecified atom stereocenters. The molecule has 0 amide bonds. The highest BCUT2D eigenvalue weighted by atomic mass is 31.2. The number of aliphatic hydroxyl groups is 1. The SMILES string of the molecule is CCCCCCCCCCCCCCCCCCCCCCCCC(=O)O[C@H](COC(=O)CCCCCCCCCCCCCCCCCCCCCC)COP(=O)(O)OC[C@@H](O)COP(=O)(O)OC[C@@H](COC(=O)CCCCCCCCC)OC(=O)CCCCCCCCCCCCCCCCCCCC. The van der Waals surface area contributed by atoms with Gasteiger partial charge in [0.25, 0.3) is 0 Å². The number of ether oxygens (including phenoxy) is 4. The van der Waals surface area contributed by atoms with E-state index in [0.717, 1.165) is 103 Å². The molecule has 17 nitrogen and oxygen atoms in total. The number of hydrogen-bond acceptors (Lipinski definition) is 15. The highest BCUT2D eigenvalue weighted by molar-refractivity contribution is 7.47. The van der Waals surface area contributed by atoms with Gasteiger partial charge in [0.05, 0.1) is 26.4 Å². The van der Waals surface area contributed by atoms with Crippen LogP contribution in [0.3, 0.4) is 0 Å². The van der Waals surface area contributed by atoms with Crippen LogP contribution in [-0.2, 0) is 65.4 Å². The molecule has 636 valence electrons. The summed E-state index contributed by atoms with van der Waals surface area (Å²) in [6.45, 7) is 5.02. The van der Waals surface area contributed by atoms with Crippen molar-refractivity contribution in [3.63, 3.8) is 0 Å². The van der Waals surface area contributed by atoms with Crippen LogP contribution in [0.25, 0.3) is 0 Å². The number of unbranched alkanes of at least 4 members (excludes halogenated alkanes) is 63. The monoisotopic (exact) mass is 1560 g/mol. The second-order valence-corrected chi connectivity index (χ2v) is 34.5. The third-order valence-corrected chi connectivity index (χ3v) is 22.8. The van der Waals surface area contributed by atoms with E-state index >= 15 is 0 Å². The Kier molecular flexibility index (Phi) is 80.6. The van der Waals surface area contributed by atoms with Gasteiger partial charge in [0.1, 0.15) is 19.3 Å². The van der Waals surface area contributed by atoms with E-state index in [9.17, 15) is 43.2 Å². The summed E-state index contributed by atoms with van der Waals surface area (Å²) < 4.78 is 68.8. The second-order valence-electron chi connectivity index (χ2n) is 31.6. The summed E-state index contributed by atoms with van der Waals surface area (Å²) in [4.78, 5) is 73.1. The maximum atomic E-state index is 13.1. The van der Waals surface area contributed by atoms with Crippen LogP contribution in [0.2, 0.25) is 0 Å². The third kappa shape index (κ3) is 81.9. The Hall–Kier alpha value is -1.94. The van der Waals surface area contributed by atoms with E-state index in [4.69, 9.17) is 37.0 Å². The Morgan fingerprint density at radius 3 is 0.551 bits per heavy atom. The van der Waals surface area contributed by atoms with Crippen LogP contribution >= 0.6 is 15.6 Å². The van der Waals surface area contributed by atoms with Crippen LogP contribution in [0, 0.1) is 0 Å². The van der Waals surface area contributed by atoms with Crippen molar-refractivity contribution in [1.82, 2.24) is 0 Å². The lowest BCUT2D eigenvalue weighted by atomic mass is 10.0. The first kappa shape index (κ1) is 105. The molecule has 0 aliphatic carbocycles. The van der Waals surface area contributed by atoms with Crippen LogP contribution < -0.4 is 0 Å². The normalized spacial score (nSPS) is 13.7. The Morgan fingerprint density at radius 2 is 0.374 bits per heavy atom. The number of phosphoric ester groups is 2. The van der Waals surface area contributed by atoms with Gasteiger partial charge in [0.15, 0.2) is 12.2 Å². The fraction of sp³-hybridized carbons (Fsp3) is 0.955. The predicted molar refractivity (Wildman–Crippen MR) is 442 cm³/mol. The Labute approximate surface area is 658 Å². The number of aliphatic hydroxyl groups excluding tert-OH is 1. The fourth-order valence-electron chi connectivity index (χ4n) is 13.9. The minimum absolute atomic E-state index is 0.109. The lowest BCUT2D eigenvalue weighted by Gasteiger charge is -2.21. The molecule has 0 aromatic carbocycles. The number of carbonyl (C=O) groups excluding carboxylic acids is 4. The Balaban J connectivity index is 5.14. The molecule has 0 saturated heterocycles. The van der Waals surface area contributed by atoms with Crippen molar-refractivity contribution in [3.05, 3.63) is 0 Å². The molecule has 19 heteroatoms. The summed E-state index contributed by atoms with van der Waals surface area (Å²) in [6, 6.07) is 0. The first-order valence-electron chi connectivity index (χ1n) is 45.8. The smallest absolute Gasteiger partial charge is 0.462 e. The van der Waals surface area contributed by atoms with Gasteiger partial charge in [-0.15, -0.1) is 0 Å². The number of carbonyl (C=O) groups is 4. The fourth-order valence-corrected chi connectivity index (χ4v) is 15.5. The van der Waals surface area contributed by atoms with Gasteiger partial charge in [-0.25, -0.2) is 9.13 Å². The Morgan fingerprint density at radius 1 is 0.224 bits per heavy atom. The van der Waals surface area contributed by atoms with E-state index < -0.39 is 97.5 Å². The highest BCUT2D eigenvalue weighted by Gasteiger charge is 2.30. The van der Waals surface area contributed by atoms with Crippen molar-refractivity contribution in [3.8, 4) is 0 Å². The molecule has 0 aliphatic rings. The molecule has 0 rings (SSSR count). The first-order valence-corrected chi connectivity index (χ1v) is 48.8. The topological polar surface area (TPSA) is 237 Å². The molecule has 0 bridgehead atoms. The molecule has 3 N–H and O–H groups in total. The van der Waals surface area contributed by atoms with Crippen molar-refractivity contribution < 1.29 is 80.2 Å². The van der Waals surface area contributed by atoms with Gasteiger partial charge in [-0.2, -0.15) is 0 Å². The van der Waals surface area contributed by atoms with Crippen LogP contribution in [0.1, 0.15) is 484 Å². The summed E-state index contributed by atoms with van der Waals surface area (Å²) in [5, 5.41) is 10.7. The highest BCUT2D eigenvalue weighted by Crippen LogP contribution is 2.45. The van der Waals surface area contributed by atoms with Crippen LogP contribution in [0.4, 0.5) is 0 Å². The summed E-state index contributed by atoms with van der Waals surface area (Å²) in [5.41, 5.74) is 0. The molecule has 107 heavy (non-hydrogen) atoms. The molecule has 0 aromatic heterocycles. The zero-order chi connectivity index (χ0) is 78.1. The van der Waals surface area contributed by atoms with Crippen molar-refractivity contribution in [2.75, 3.05) is 39.6 Å². The summed E-state index contributed by atoms with van der Waals surface area (Å²) in [6.07, 6.45) is 78.2. The van der Waals surface area contributed by atoms with Crippen molar-refractivity contribution in [1.29, 1.82) is 0 Å². The van der Waals surface area contributed by atoms with Gasteiger partial charge in [0.2, 0.25) is 0 Å².